The number of hydrogen-bond donors (Lipinski definition) is 1. The highest BCUT2D eigenvalue weighted by molar-refractivity contribution is 6.19. The number of pyridine rings is 1. The summed E-state index contributed by atoms with van der Waals surface area (Å²) in [6.07, 6.45) is 0. The Hall–Kier alpha value is -2.87. The summed E-state index contributed by atoms with van der Waals surface area (Å²) in [6.45, 7) is 5.72. The fourth-order valence-corrected chi connectivity index (χ4v) is 2.86. The Morgan fingerprint density at radius 3 is 2.77 bits per heavy atom. The van der Waals surface area contributed by atoms with Crippen LogP contribution in [0.3, 0.4) is 0 Å². The molecule has 0 atom stereocenters. The van der Waals surface area contributed by atoms with Crippen LogP contribution in [0.4, 0.5) is 0 Å². The van der Waals surface area contributed by atoms with E-state index in [1.165, 1.54) is 0 Å². The first kappa shape index (κ1) is 14.1. The highest BCUT2D eigenvalue weighted by atomic mass is 16.5. The maximum absolute atomic E-state index is 12.4. The second-order valence-corrected chi connectivity index (χ2v) is 5.09. The molecular formula is C17H15N3O2. The lowest BCUT2D eigenvalue weighted by molar-refractivity contribution is 0.0527. The van der Waals surface area contributed by atoms with Crippen LogP contribution in [0.5, 0.6) is 0 Å². The van der Waals surface area contributed by atoms with Crippen molar-refractivity contribution in [2.24, 2.45) is 0 Å². The molecule has 0 saturated carbocycles. The number of nitrogens with zero attached hydrogens (tertiary/aromatic N) is 2. The summed E-state index contributed by atoms with van der Waals surface area (Å²) in [5, 5.41) is 10.9. The molecule has 0 saturated heterocycles. The number of nitriles is 1. The molecule has 0 aliphatic heterocycles. The van der Waals surface area contributed by atoms with Gasteiger partial charge in [0.1, 0.15) is 0 Å². The number of carbonyl (C=O) groups excluding carboxylic acids is 1. The maximum atomic E-state index is 12.4. The van der Waals surface area contributed by atoms with Gasteiger partial charge in [-0.1, -0.05) is 6.07 Å². The molecule has 3 rings (SSSR count). The fraction of sp³-hybridized carbons (Fsp3) is 0.235. The Kier molecular flexibility index (Phi) is 3.30. The van der Waals surface area contributed by atoms with Gasteiger partial charge in [0.2, 0.25) is 0 Å². The van der Waals surface area contributed by atoms with Crippen LogP contribution in [0.25, 0.3) is 21.8 Å². The molecule has 5 nitrogen and oxygen atoms in total. The molecule has 0 spiro atoms. The average Bonchev–Trinajstić information content (AvgIpc) is 2.87. The molecule has 0 aliphatic rings. The second kappa shape index (κ2) is 5.15. The predicted octanol–water partition coefficient (Wildman–Crippen LogP) is 3.38. The molecule has 0 radical (unpaired) electrons. The third-order valence-corrected chi connectivity index (χ3v) is 3.73. The van der Waals surface area contributed by atoms with Crippen molar-refractivity contribution in [3.05, 3.63) is 40.7 Å². The van der Waals surface area contributed by atoms with Gasteiger partial charge in [0.15, 0.2) is 0 Å². The molecule has 0 fully saturated rings. The zero-order valence-electron chi connectivity index (χ0n) is 12.7. The minimum Gasteiger partial charge on any atom is -0.462 e. The molecule has 0 aliphatic carbocycles. The van der Waals surface area contributed by atoms with Crippen LogP contribution in [-0.2, 0) is 4.74 Å². The van der Waals surface area contributed by atoms with Gasteiger partial charge < -0.3 is 9.72 Å². The fourth-order valence-electron chi connectivity index (χ4n) is 2.86. The van der Waals surface area contributed by atoms with Crippen molar-refractivity contribution in [1.82, 2.24) is 9.97 Å². The largest absolute Gasteiger partial charge is 0.462 e. The van der Waals surface area contributed by atoms with E-state index in [-0.39, 0.29) is 0 Å². The highest BCUT2D eigenvalue weighted by Crippen LogP contribution is 2.33. The van der Waals surface area contributed by atoms with Crippen molar-refractivity contribution in [3.63, 3.8) is 0 Å². The number of aryl methyl sites for hydroxylation is 2. The first-order chi connectivity index (χ1) is 10.6. The molecule has 2 heterocycles. The van der Waals surface area contributed by atoms with Crippen LogP contribution in [0, 0.1) is 25.2 Å². The Balaban J connectivity index is 2.54. The number of H-pyrrole nitrogens is 1. The van der Waals surface area contributed by atoms with Crippen LogP contribution in [0.15, 0.2) is 18.2 Å². The standard InChI is InChI=1S/C17H15N3O2/c1-4-22-17(21)13-9(2)19-10(3)16-15(13)14-11(8-18)6-5-7-12(14)20-16/h5-7,20H,4H2,1-3H3. The van der Waals surface area contributed by atoms with E-state index in [1.807, 2.05) is 19.1 Å². The number of rotatable bonds is 2. The molecular weight excluding hydrogens is 278 g/mol. The highest BCUT2D eigenvalue weighted by Gasteiger charge is 2.22. The SMILES string of the molecule is CCOC(=O)c1c(C)nc(C)c2[nH]c3cccc(C#N)c3c12. The zero-order valence-corrected chi connectivity index (χ0v) is 12.7. The summed E-state index contributed by atoms with van der Waals surface area (Å²) < 4.78 is 5.17. The van der Waals surface area contributed by atoms with Gasteiger partial charge in [-0.3, -0.25) is 4.98 Å². The van der Waals surface area contributed by atoms with E-state index in [0.717, 1.165) is 27.5 Å². The molecule has 1 N–H and O–H groups in total. The number of benzene rings is 1. The molecule has 3 aromatic rings. The van der Waals surface area contributed by atoms with Crippen LogP contribution >= 0.6 is 0 Å². The second-order valence-electron chi connectivity index (χ2n) is 5.09. The Morgan fingerprint density at radius 2 is 2.09 bits per heavy atom. The van der Waals surface area contributed by atoms with Crippen LogP contribution in [0.1, 0.15) is 34.2 Å². The van der Waals surface area contributed by atoms with Gasteiger partial charge in [0.05, 0.1) is 40.7 Å². The molecule has 22 heavy (non-hydrogen) atoms. The molecule has 5 heteroatoms. The van der Waals surface area contributed by atoms with Crippen molar-refractivity contribution in [1.29, 1.82) is 5.26 Å². The van der Waals surface area contributed by atoms with E-state index in [2.05, 4.69) is 16.0 Å². The minimum atomic E-state index is -0.411. The van der Waals surface area contributed by atoms with Crippen molar-refractivity contribution in [2.45, 2.75) is 20.8 Å². The van der Waals surface area contributed by atoms with Gasteiger partial charge in [-0.25, -0.2) is 4.79 Å². The van der Waals surface area contributed by atoms with E-state index in [4.69, 9.17) is 4.74 Å². The summed E-state index contributed by atoms with van der Waals surface area (Å²) in [6, 6.07) is 7.64. The summed E-state index contributed by atoms with van der Waals surface area (Å²) >= 11 is 0. The lowest BCUT2D eigenvalue weighted by Gasteiger charge is -2.09. The third kappa shape index (κ3) is 1.92. The van der Waals surface area contributed by atoms with Crippen LogP contribution < -0.4 is 0 Å². The van der Waals surface area contributed by atoms with E-state index in [1.54, 1.807) is 19.9 Å². The lowest BCUT2D eigenvalue weighted by atomic mass is 10.0. The van der Waals surface area contributed by atoms with Gasteiger partial charge >= 0.3 is 5.97 Å². The van der Waals surface area contributed by atoms with Gasteiger partial charge in [-0.15, -0.1) is 0 Å². The monoisotopic (exact) mass is 293 g/mol. The maximum Gasteiger partial charge on any atom is 0.340 e. The summed E-state index contributed by atoms with van der Waals surface area (Å²) in [7, 11) is 0. The predicted molar refractivity (Wildman–Crippen MR) is 83.7 cm³/mol. The Bertz CT molecular complexity index is 948. The van der Waals surface area contributed by atoms with E-state index in [0.29, 0.717) is 23.4 Å². The molecule has 1 aromatic carbocycles. The van der Waals surface area contributed by atoms with Crippen molar-refractivity contribution >= 4 is 27.8 Å². The number of ether oxygens (including phenoxy) is 1. The third-order valence-electron chi connectivity index (χ3n) is 3.73. The number of aromatic nitrogens is 2. The average molecular weight is 293 g/mol. The molecule has 0 unspecified atom stereocenters. The van der Waals surface area contributed by atoms with Crippen molar-refractivity contribution in [2.75, 3.05) is 6.61 Å². The number of nitrogens with one attached hydrogen (secondary N) is 1. The first-order valence-electron chi connectivity index (χ1n) is 7.07. The van der Waals surface area contributed by atoms with Crippen LogP contribution in [0.2, 0.25) is 0 Å². The summed E-state index contributed by atoms with van der Waals surface area (Å²) in [5.74, 6) is -0.411. The number of esters is 1. The van der Waals surface area contributed by atoms with E-state index >= 15 is 0 Å². The van der Waals surface area contributed by atoms with Gasteiger partial charge in [0, 0.05) is 16.3 Å². The number of hydrogen-bond acceptors (Lipinski definition) is 4. The molecule has 0 amide bonds. The molecule has 2 aromatic heterocycles. The number of carbonyl (C=O) groups is 1. The van der Waals surface area contributed by atoms with E-state index < -0.39 is 5.97 Å². The lowest BCUT2D eigenvalue weighted by Crippen LogP contribution is -2.09. The molecule has 110 valence electrons. The first-order valence-corrected chi connectivity index (χ1v) is 7.07. The zero-order chi connectivity index (χ0) is 15.9. The van der Waals surface area contributed by atoms with E-state index in [9.17, 15) is 10.1 Å². The van der Waals surface area contributed by atoms with Crippen LogP contribution in [-0.4, -0.2) is 22.5 Å². The van der Waals surface area contributed by atoms with Gasteiger partial charge in [0.25, 0.3) is 0 Å². The number of fused-ring (bicyclic) bond motifs is 3. The normalized spacial score (nSPS) is 10.8. The topological polar surface area (TPSA) is 78.8 Å². The Morgan fingerprint density at radius 1 is 1.32 bits per heavy atom. The minimum absolute atomic E-state index is 0.293. The smallest absolute Gasteiger partial charge is 0.340 e. The quantitative estimate of drug-likeness (QED) is 0.735. The Labute approximate surface area is 127 Å². The van der Waals surface area contributed by atoms with Crippen molar-refractivity contribution < 1.29 is 9.53 Å². The van der Waals surface area contributed by atoms with Crippen molar-refractivity contribution in [3.8, 4) is 6.07 Å². The van der Waals surface area contributed by atoms with Gasteiger partial charge in [-0.05, 0) is 32.9 Å². The number of aromatic amines is 1. The van der Waals surface area contributed by atoms with Gasteiger partial charge in [-0.2, -0.15) is 5.26 Å². The summed E-state index contributed by atoms with van der Waals surface area (Å²) in [4.78, 5) is 20.1. The molecule has 0 bridgehead atoms. The summed E-state index contributed by atoms with van der Waals surface area (Å²) in [5.41, 5.74) is 3.94.